The van der Waals surface area contributed by atoms with Crippen LogP contribution in [-0.4, -0.2) is 38.7 Å². The Kier molecular flexibility index (Phi) is 5.48. The largest absolute Gasteiger partial charge is 0.324 e. The van der Waals surface area contributed by atoms with Crippen LogP contribution in [0.15, 0.2) is 35.8 Å². The first-order valence-electron chi connectivity index (χ1n) is 7.44. The molecule has 8 nitrogen and oxygen atoms in total. The molecule has 0 spiro atoms. The second-order valence-corrected chi connectivity index (χ2v) is 7.15. The van der Waals surface area contributed by atoms with Crippen molar-refractivity contribution in [1.29, 1.82) is 0 Å². The average Bonchev–Trinajstić information content (AvgIpc) is 3.04. The lowest BCUT2D eigenvalue weighted by molar-refractivity contribution is -0.384. The van der Waals surface area contributed by atoms with Gasteiger partial charge in [-0.25, -0.2) is 4.98 Å². The van der Waals surface area contributed by atoms with Gasteiger partial charge in [-0.05, 0) is 26.8 Å². The molecule has 1 heterocycles. The molecule has 9 heteroatoms. The maximum absolute atomic E-state index is 12.8. The van der Waals surface area contributed by atoms with E-state index in [1.807, 2.05) is 0 Å². The van der Waals surface area contributed by atoms with Crippen LogP contribution in [0.1, 0.15) is 31.1 Å². The zero-order valence-electron chi connectivity index (χ0n) is 14.1. The van der Waals surface area contributed by atoms with Crippen molar-refractivity contribution in [2.75, 3.05) is 11.9 Å². The van der Waals surface area contributed by atoms with Crippen LogP contribution in [0.3, 0.4) is 0 Å². The van der Waals surface area contributed by atoms with E-state index in [-0.39, 0.29) is 23.7 Å². The number of nitro benzene ring substituents is 1. The van der Waals surface area contributed by atoms with Crippen LogP contribution >= 0.6 is 11.3 Å². The van der Waals surface area contributed by atoms with E-state index >= 15 is 0 Å². The van der Waals surface area contributed by atoms with Gasteiger partial charge in [0.1, 0.15) is 6.54 Å². The van der Waals surface area contributed by atoms with Gasteiger partial charge in [0, 0.05) is 34.8 Å². The van der Waals surface area contributed by atoms with E-state index in [0.717, 1.165) is 0 Å². The Hall–Kier alpha value is -2.81. The highest BCUT2D eigenvalue weighted by molar-refractivity contribution is 7.13. The van der Waals surface area contributed by atoms with Crippen molar-refractivity contribution in [3.05, 3.63) is 51.5 Å². The quantitative estimate of drug-likeness (QED) is 0.650. The smallest absolute Gasteiger partial charge is 0.270 e. The number of hydrogen-bond acceptors (Lipinski definition) is 6. The molecule has 0 aliphatic carbocycles. The zero-order chi connectivity index (χ0) is 18.6. The van der Waals surface area contributed by atoms with Crippen LogP contribution in [0.4, 0.5) is 10.8 Å². The van der Waals surface area contributed by atoms with Crippen molar-refractivity contribution >= 4 is 34.0 Å². The molecule has 0 radical (unpaired) electrons. The van der Waals surface area contributed by atoms with E-state index in [0.29, 0.717) is 5.13 Å². The Morgan fingerprint density at radius 2 is 2.08 bits per heavy atom. The number of carbonyl (C=O) groups excluding carboxylic acids is 2. The van der Waals surface area contributed by atoms with Crippen molar-refractivity contribution in [2.45, 2.75) is 26.3 Å². The molecule has 1 N–H and O–H groups in total. The molecule has 25 heavy (non-hydrogen) atoms. The molecule has 0 bridgehead atoms. The predicted molar refractivity (Wildman–Crippen MR) is 94.6 cm³/mol. The lowest BCUT2D eigenvalue weighted by atomic mass is 10.0. The number of amides is 2. The zero-order valence-corrected chi connectivity index (χ0v) is 14.9. The highest BCUT2D eigenvalue weighted by Crippen LogP contribution is 2.20. The van der Waals surface area contributed by atoms with E-state index in [2.05, 4.69) is 10.3 Å². The summed E-state index contributed by atoms with van der Waals surface area (Å²) in [4.78, 5) is 40.7. The molecule has 0 aliphatic heterocycles. The second kappa shape index (κ2) is 7.39. The van der Waals surface area contributed by atoms with Gasteiger partial charge in [0.15, 0.2) is 5.13 Å². The maximum atomic E-state index is 12.8. The van der Waals surface area contributed by atoms with Crippen molar-refractivity contribution in [1.82, 2.24) is 9.88 Å². The summed E-state index contributed by atoms with van der Waals surface area (Å²) in [6.07, 6.45) is 1.57. The molecule has 2 amide bonds. The van der Waals surface area contributed by atoms with Crippen molar-refractivity contribution in [2.24, 2.45) is 0 Å². The Morgan fingerprint density at radius 1 is 1.36 bits per heavy atom. The van der Waals surface area contributed by atoms with Crippen molar-refractivity contribution < 1.29 is 14.5 Å². The molecule has 1 aromatic heterocycles. The molecule has 132 valence electrons. The van der Waals surface area contributed by atoms with Crippen LogP contribution < -0.4 is 5.32 Å². The normalized spacial score (nSPS) is 11.0. The molecule has 0 unspecified atom stereocenters. The molecular formula is C16H18N4O4S. The molecule has 2 aromatic rings. The summed E-state index contributed by atoms with van der Waals surface area (Å²) < 4.78 is 0. The minimum atomic E-state index is -0.651. The standard InChI is InChI=1S/C16H18N4O4S/c1-16(2,3)19(10-13(21)18-15-17-7-8-25-15)14(22)11-5-4-6-12(9-11)20(23)24/h4-9H,10H2,1-3H3,(H,17,18,21). The summed E-state index contributed by atoms with van der Waals surface area (Å²) in [5.41, 5.74) is -0.666. The van der Waals surface area contributed by atoms with Gasteiger partial charge >= 0.3 is 0 Å². The van der Waals surface area contributed by atoms with Gasteiger partial charge in [0.05, 0.1) is 4.92 Å². The SMILES string of the molecule is CC(C)(C)N(CC(=O)Nc1nccs1)C(=O)c1cccc([N+](=O)[O-])c1. The first-order chi connectivity index (χ1) is 11.7. The summed E-state index contributed by atoms with van der Waals surface area (Å²) in [7, 11) is 0. The van der Waals surface area contributed by atoms with Gasteiger partial charge in [-0.15, -0.1) is 11.3 Å². The van der Waals surface area contributed by atoms with E-state index in [4.69, 9.17) is 0 Å². The fourth-order valence-corrected chi connectivity index (χ4v) is 2.65. The van der Waals surface area contributed by atoms with Gasteiger partial charge in [0.2, 0.25) is 5.91 Å². The first-order valence-corrected chi connectivity index (χ1v) is 8.32. The molecular weight excluding hydrogens is 344 g/mol. The second-order valence-electron chi connectivity index (χ2n) is 6.25. The van der Waals surface area contributed by atoms with Crippen LogP contribution in [0.5, 0.6) is 0 Å². The molecule has 0 saturated carbocycles. The van der Waals surface area contributed by atoms with Crippen LogP contribution in [0.2, 0.25) is 0 Å². The number of hydrogen-bond donors (Lipinski definition) is 1. The summed E-state index contributed by atoms with van der Waals surface area (Å²) >= 11 is 1.27. The number of nitrogens with zero attached hydrogens (tertiary/aromatic N) is 3. The van der Waals surface area contributed by atoms with E-state index in [1.54, 1.807) is 32.3 Å². The monoisotopic (exact) mass is 362 g/mol. The minimum Gasteiger partial charge on any atom is -0.324 e. The molecule has 0 fully saturated rings. The molecule has 0 saturated heterocycles. The Morgan fingerprint density at radius 3 is 2.64 bits per heavy atom. The van der Waals surface area contributed by atoms with Crippen LogP contribution in [0, 0.1) is 10.1 Å². The fourth-order valence-electron chi connectivity index (χ4n) is 2.11. The number of aromatic nitrogens is 1. The molecule has 0 atom stereocenters. The fraction of sp³-hybridized carbons (Fsp3) is 0.312. The van der Waals surface area contributed by atoms with Gasteiger partial charge in [-0.3, -0.25) is 19.7 Å². The Balaban J connectivity index is 2.22. The number of rotatable bonds is 5. The third-order valence-electron chi connectivity index (χ3n) is 3.34. The van der Waals surface area contributed by atoms with Gasteiger partial charge in [0.25, 0.3) is 11.6 Å². The highest BCUT2D eigenvalue weighted by Gasteiger charge is 2.30. The average molecular weight is 362 g/mol. The number of nitro groups is 1. The summed E-state index contributed by atoms with van der Waals surface area (Å²) in [6, 6.07) is 5.46. The molecule has 1 aromatic carbocycles. The number of benzene rings is 1. The summed E-state index contributed by atoms with van der Waals surface area (Å²) in [5.74, 6) is -0.839. The van der Waals surface area contributed by atoms with Gasteiger partial charge in [-0.2, -0.15) is 0 Å². The van der Waals surface area contributed by atoms with Crippen LogP contribution in [-0.2, 0) is 4.79 Å². The summed E-state index contributed by atoms with van der Waals surface area (Å²) in [6.45, 7) is 5.18. The predicted octanol–water partition coefficient (Wildman–Crippen LogP) is 2.93. The van der Waals surface area contributed by atoms with E-state index in [9.17, 15) is 19.7 Å². The van der Waals surface area contributed by atoms with Crippen LogP contribution in [0.25, 0.3) is 0 Å². The van der Waals surface area contributed by atoms with E-state index < -0.39 is 16.4 Å². The minimum absolute atomic E-state index is 0.158. The topological polar surface area (TPSA) is 105 Å². The van der Waals surface area contributed by atoms with Gasteiger partial charge in [-0.1, -0.05) is 6.07 Å². The van der Waals surface area contributed by atoms with Gasteiger partial charge < -0.3 is 10.2 Å². The lowest BCUT2D eigenvalue weighted by Gasteiger charge is -2.35. The third-order valence-corrected chi connectivity index (χ3v) is 4.03. The lowest BCUT2D eigenvalue weighted by Crippen LogP contribution is -2.49. The number of thiazole rings is 1. The molecule has 2 rings (SSSR count). The third kappa shape index (κ3) is 4.83. The number of carbonyl (C=O) groups is 2. The Labute approximate surface area is 148 Å². The number of nitrogens with one attached hydrogen (secondary N) is 1. The number of non-ortho nitro benzene ring substituents is 1. The first kappa shape index (κ1) is 18.5. The Bertz CT molecular complexity index is 784. The molecule has 0 aliphatic rings. The number of anilines is 1. The highest BCUT2D eigenvalue weighted by atomic mass is 32.1. The van der Waals surface area contributed by atoms with E-state index in [1.165, 1.54) is 40.5 Å². The van der Waals surface area contributed by atoms with Crippen molar-refractivity contribution in [3.63, 3.8) is 0 Å². The summed E-state index contributed by atoms with van der Waals surface area (Å²) in [5, 5.41) is 15.7. The maximum Gasteiger partial charge on any atom is 0.270 e. The van der Waals surface area contributed by atoms with Crippen molar-refractivity contribution in [3.8, 4) is 0 Å².